The number of anilines is 2. The van der Waals surface area contributed by atoms with Gasteiger partial charge in [-0.25, -0.2) is 0 Å². The average molecular weight is 422 g/mol. The van der Waals surface area contributed by atoms with Crippen LogP contribution in [-0.4, -0.2) is 37.7 Å². The molecule has 9 heteroatoms. The highest BCUT2D eigenvalue weighted by Crippen LogP contribution is 2.35. The van der Waals surface area contributed by atoms with Crippen molar-refractivity contribution in [2.45, 2.75) is 25.9 Å². The van der Waals surface area contributed by atoms with E-state index in [4.69, 9.17) is 9.47 Å². The third-order valence-corrected chi connectivity index (χ3v) is 4.48. The molecule has 0 spiro atoms. The van der Waals surface area contributed by atoms with Crippen molar-refractivity contribution < 1.29 is 32.2 Å². The highest BCUT2D eigenvalue weighted by Gasteiger charge is 2.39. The number of hydrogen-bond donors (Lipinski definition) is 1. The second kappa shape index (κ2) is 9.06. The van der Waals surface area contributed by atoms with E-state index in [0.29, 0.717) is 37.4 Å². The molecule has 0 atom stereocenters. The van der Waals surface area contributed by atoms with Crippen molar-refractivity contribution in [3.63, 3.8) is 0 Å². The van der Waals surface area contributed by atoms with Gasteiger partial charge < -0.3 is 19.7 Å². The van der Waals surface area contributed by atoms with E-state index in [-0.39, 0.29) is 18.2 Å². The number of carbonyl (C=O) groups excluding carboxylic acids is 2. The molecule has 1 heterocycles. The first-order chi connectivity index (χ1) is 14.2. The fraction of sp³-hybridized carbons (Fsp3) is 0.333. The van der Waals surface area contributed by atoms with E-state index in [9.17, 15) is 22.8 Å². The van der Waals surface area contributed by atoms with Gasteiger partial charge in [-0.3, -0.25) is 9.59 Å². The Balaban J connectivity index is 1.59. The summed E-state index contributed by atoms with van der Waals surface area (Å²) in [6.45, 7) is 2.65. The monoisotopic (exact) mass is 422 g/mol. The Morgan fingerprint density at radius 3 is 2.60 bits per heavy atom. The van der Waals surface area contributed by atoms with Crippen LogP contribution in [0.4, 0.5) is 24.5 Å². The SMILES string of the molecule is Cc1ccc(OCCCCN2C(=O)COc3ccc(NC(=O)C(F)(F)F)cc32)cc1. The van der Waals surface area contributed by atoms with Gasteiger partial charge in [-0.05, 0) is 50.1 Å². The average Bonchev–Trinajstić information content (AvgIpc) is 2.70. The molecule has 6 nitrogen and oxygen atoms in total. The zero-order chi connectivity index (χ0) is 21.7. The third-order valence-electron chi connectivity index (χ3n) is 4.48. The lowest BCUT2D eigenvalue weighted by Crippen LogP contribution is -2.39. The van der Waals surface area contributed by atoms with Crippen LogP contribution in [-0.2, 0) is 9.59 Å². The minimum absolute atomic E-state index is 0.0675. The molecule has 2 amide bonds. The van der Waals surface area contributed by atoms with E-state index in [2.05, 4.69) is 0 Å². The van der Waals surface area contributed by atoms with Gasteiger partial charge in [0.25, 0.3) is 5.91 Å². The van der Waals surface area contributed by atoms with Crippen LogP contribution < -0.4 is 19.7 Å². The quantitative estimate of drug-likeness (QED) is 0.683. The number of nitrogens with one attached hydrogen (secondary N) is 1. The standard InChI is InChI=1S/C21H21F3N2O4/c1-14-4-7-16(8-5-14)29-11-3-2-10-26-17-12-15(25-20(28)21(22,23)24)6-9-18(17)30-13-19(26)27/h4-9,12H,2-3,10-11,13H2,1H3,(H,25,28). The third kappa shape index (κ3) is 5.43. The molecule has 2 aromatic rings. The Bertz CT molecular complexity index is 913. The number of hydrogen-bond acceptors (Lipinski definition) is 4. The van der Waals surface area contributed by atoms with Crippen molar-refractivity contribution in [2.75, 3.05) is 30.0 Å². The van der Waals surface area contributed by atoms with Crippen LogP contribution in [0.5, 0.6) is 11.5 Å². The van der Waals surface area contributed by atoms with Gasteiger partial charge >= 0.3 is 12.1 Å². The number of amides is 2. The predicted molar refractivity (Wildman–Crippen MR) is 105 cm³/mol. The van der Waals surface area contributed by atoms with Crippen LogP contribution in [0.1, 0.15) is 18.4 Å². The zero-order valence-corrected chi connectivity index (χ0v) is 16.3. The Morgan fingerprint density at radius 1 is 1.17 bits per heavy atom. The van der Waals surface area contributed by atoms with Crippen molar-refractivity contribution in [3.8, 4) is 11.5 Å². The summed E-state index contributed by atoms with van der Waals surface area (Å²) < 4.78 is 48.4. The fourth-order valence-corrected chi connectivity index (χ4v) is 2.92. The molecule has 3 rings (SSSR count). The molecule has 30 heavy (non-hydrogen) atoms. The van der Waals surface area contributed by atoms with Crippen LogP contribution in [0.3, 0.4) is 0 Å². The predicted octanol–water partition coefficient (Wildman–Crippen LogP) is 4.08. The van der Waals surface area contributed by atoms with E-state index in [1.807, 2.05) is 31.2 Å². The van der Waals surface area contributed by atoms with Crippen LogP contribution in [0, 0.1) is 6.92 Å². The molecule has 0 aliphatic carbocycles. The molecule has 0 radical (unpaired) electrons. The van der Waals surface area contributed by atoms with Gasteiger partial charge in [0.15, 0.2) is 6.61 Å². The Morgan fingerprint density at radius 2 is 1.90 bits per heavy atom. The van der Waals surface area contributed by atoms with Gasteiger partial charge in [0, 0.05) is 12.2 Å². The van der Waals surface area contributed by atoms with Gasteiger partial charge in [-0.15, -0.1) is 0 Å². The number of benzene rings is 2. The summed E-state index contributed by atoms with van der Waals surface area (Å²) >= 11 is 0. The van der Waals surface area contributed by atoms with Gasteiger partial charge in [0.1, 0.15) is 11.5 Å². The molecule has 0 aromatic heterocycles. The number of halogens is 3. The van der Waals surface area contributed by atoms with E-state index < -0.39 is 12.1 Å². The summed E-state index contributed by atoms with van der Waals surface area (Å²) in [7, 11) is 0. The maximum absolute atomic E-state index is 12.5. The lowest BCUT2D eigenvalue weighted by atomic mass is 10.2. The number of alkyl halides is 3. The van der Waals surface area contributed by atoms with Crippen molar-refractivity contribution in [2.24, 2.45) is 0 Å². The highest BCUT2D eigenvalue weighted by atomic mass is 19.4. The number of ether oxygens (including phenoxy) is 2. The first-order valence-electron chi connectivity index (χ1n) is 9.39. The largest absolute Gasteiger partial charge is 0.494 e. The second-order valence-corrected chi connectivity index (χ2v) is 6.84. The Labute approximate surface area is 171 Å². The molecule has 0 unspecified atom stereocenters. The molecular weight excluding hydrogens is 401 g/mol. The van der Waals surface area contributed by atoms with E-state index in [1.165, 1.54) is 23.1 Å². The zero-order valence-electron chi connectivity index (χ0n) is 16.3. The molecular formula is C21H21F3N2O4. The number of carbonyl (C=O) groups is 2. The van der Waals surface area contributed by atoms with Crippen molar-refractivity contribution in [1.29, 1.82) is 0 Å². The molecule has 0 bridgehead atoms. The number of nitrogens with zero attached hydrogens (tertiary/aromatic N) is 1. The smallest absolute Gasteiger partial charge is 0.471 e. The minimum Gasteiger partial charge on any atom is -0.494 e. The molecule has 160 valence electrons. The number of unbranched alkanes of at least 4 members (excludes halogenated alkanes) is 1. The summed E-state index contributed by atoms with van der Waals surface area (Å²) in [5, 5.41) is 1.79. The van der Waals surface area contributed by atoms with Crippen LogP contribution in [0.2, 0.25) is 0 Å². The van der Waals surface area contributed by atoms with Crippen molar-refractivity contribution in [1.82, 2.24) is 0 Å². The number of fused-ring (bicyclic) bond motifs is 1. The Hall–Kier alpha value is -3.23. The minimum atomic E-state index is -5.00. The first kappa shape index (κ1) is 21.5. The van der Waals surface area contributed by atoms with E-state index >= 15 is 0 Å². The van der Waals surface area contributed by atoms with Crippen LogP contribution in [0.15, 0.2) is 42.5 Å². The molecule has 2 aromatic carbocycles. The van der Waals surface area contributed by atoms with E-state index in [1.54, 1.807) is 5.32 Å². The maximum Gasteiger partial charge on any atom is 0.471 e. The molecule has 0 saturated heterocycles. The molecule has 0 fully saturated rings. The second-order valence-electron chi connectivity index (χ2n) is 6.84. The summed E-state index contributed by atoms with van der Waals surface area (Å²) in [6.07, 6.45) is -3.70. The van der Waals surface area contributed by atoms with Gasteiger partial charge in [-0.1, -0.05) is 17.7 Å². The van der Waals surface area contributed by atoms with Gasteiger partial charge in [-0.2, -0.15) is 13.2 Å². The van der Waals surface area contributed by atoms with Crippen molar-refractivity contribution in [3.05, 3.63) is 48.0 Å². The van der Waals surface area contributed by atoms with Gasteiger partial charge in [0.05, 0.1) is 12.3 Å². The fourth-order valence-electron chi connectivity index (χ4n) is 2.92. The number of rotatable bonds is 7. The summed E-state index contributed by atoms with van der Waals surface area (Å²) in [6, 6.07) is 11.7. The first-order valence-corrected chi connectivity index (χ1v) is 9.39. The molecule has 0 saturated carbocycles. The molecule has 1 aliphatic rings. The lowest BCUT2D eigenvalue weighted by molar-refractivity contribution is -0.167. The van der Waals surface area contributed by atoms with Crippen LogP contribution >= 0.6 is 0 Å². The normalized spacial score (nSPS) is 13.5. The Kier molecular flexibility index (Phi) is 6.49. The highest BCUT2D eigenvalue weighted by molar-refractivity contribution is 6.00. The topological polar surface area (TPSA) is 67.9 Å². The van der Waals surface area contributed by atoms with Crippen molar-refractivity contribution >= 4 is 23.2 Å². The summed E-state index contributed by atoms with van der Waals surface area (Å²) in [5.41, 5.74) is 1.39. The van der Waals surface area contributed by atoms with E-state index in [0.717, 1.165) is 11.3 Å². The molecule has 1 aliphatic heterocycles. The van der Waals surface area contributed by atoms with Crippen LogP contribution in [0.25, 0.3) is 0 Å². The lowest BCUT2D eigenvalue weighted by Gasteiger charge is -2.30. The van der Waals surface area contributed by atoms with Gasteiger partial charge in [0.2, 0.25) is 0 Å². The molecule has 1 N–H and O–H groups in total. The number of aryl methyl sites for hydroxylation is 1. The summed E-state index contributed by atoms with van der Waals surface area (Å²) in [4.78, 5) is 24.9. The summed E-state index contributed by atoms with van der Waals surface area (Å²) in [5.74, 6) is -1.25. The maximum atomic E-state index is 12.5.